The largest absolute Gasteiger partial charge is 0.497 e. The standard InChI is InChI=1S/C22H25N3O/c1-26-20-11-9-19(10-12-20)22(13-5-6-14-22)23-15-18-16-24-25-21(18)17-7-3-2-4-8-17/h2-4,7-12,16,23H,5-6,13-15H2,1H3,(H,24,25). The summed E-state index contributed by atoms with van der Waals surface area (Å²) in [7, 11) is 1.71. The fourth-order valence-electron chi connectivity index (χ4n) is 4.02. The van der Waals surface area contributed by atoms with Gasteiger partial charge in [0, 0.05) is 17.6 Å². The number of hydrogen-bond donors (Lipinski definition) is 2. The van der Waals surface area contributed by atoms with E-state index >= 15 is 0 Å². The van der Waals surface area contributed by atoms with Crippen molar-refractivity contribution < 1.29 is 4.74 Å². The summed E-state index contributed by atoms with van der Waals surface area (Å²) in [4.78, 5) is 0. The second-order valence-corrected chi connectivity index (χ2v) is 7.01. The van der Waals surface area contributed by atoms with Gasteiger partial charge in [-0.05, 0) is 36.1 Å². The number of rotatable bonds is 6. The molecule has 0 spiro atoms. The van der Waals surface area contributed by atoms with Crippen molar-refractivity contribution in [1.82, 2.24) is 15.5 Å². The van der Waals surface area contributed by atoms with Gasteiger partial charge in [-0.15, -0.1) is 0 Å². The molecule has 1 aliphatic rings. The number of ether oxygens (including phenoxy) is 1. The second-order valence-electron chi connectivity index (χ2n) is 7.01. The molecule has 0 saturated heterocycles. The molecule has 0 amide bonds. The molecule has 4 nitrogen and oxygen atoms in total. The first-order chi connectivity index (χ1) is 12.8. The molecular weight excluding hydrogens is 322 g/mol. The minimum Gasteiger partial charge on any atom is -0.497 e. The molecule has 1 saturated carbocycles. The zero-order valence-electron chi connectivity index (χ0n) is 15.2. The van der Waals surface area contributed by atoms with Gasteiger partial charge < -0.3 is 10.1 Å². The predicted octanol–water partition coefficient (Wildman–Crippen LogP) is 4.64. The zero-order chi connectivity index (χ0) is 17.8. The average Bonchev–Trinajstić information content (AvgIpc) is 3.37. The van der Waals surface area contributed by atoms with Gasteiger partial charge in [0.25, 0.3) is 0 Å². The van der Waals surface area contributed by atoms with E-state index in [1.165, 1.54) is 29.5 Å². The highest BCUT2D eigenvalue weighted by molar-refractivity contribution is 5.62. The smallest absolute Gasteiger partial charge is 0.118 e. The van der Waals surface area contributed by atoms with Gasteiger partial charge in [0.15, 0.2) is 0 Å². The number of benzene rings is 2. The van der Waals surface area contributed by atoms with Crippen LogP contribution in [0.2, 0.25) is 0 Å². The van der Waals surface area contributed by atoms with Crippen molar-refractivity contribution in [3.8, 4) is 17.0 Å². The van der Waals surface area contributed by atoms with E-state index in [9.17, 15) is 0 Å². The van der Waals surface area contributed by atoms with Crippen molar-refractivity contribution >= 4 is 0 Å². The van der Waals surface area contributed by atoms with Gasteiger partial charge in [0.05, 0.1) is 19.0 Å². The number of nitrogens with zero attached hydrogens (tertiary/aromatic N) is 1. The van der Waals surface area contributed by atoms with Gasteiger partial charge in [-0.25, -0.2) is 0 Å². The lowest BCUT2D eigenvalue weighted by atomic mass is 9.87. The Bertz CT molecular complexity index is 833. The number of methoxy groups -OCH3 is 1. The maximum absolute atomic E-state index is 5.32. The highest BCUT2D eigenvalue weighted by Gasteiger charge is 2.35. The minimum atomic E-state index is 0.0392. The Hall–Kier alpha value is -2.59. The summed E-state index contributed by atoms with van der Waals surface area (Å²) in [6, 6.07) is 18.9. The number of nitrogens with one attached hydrogen (secondary N) is 2. The van der Waals surface area contributed by atoms with E-state index in [0.717, 1.165) is 30.8 Å². The summed E-state index contributed by atoms with van der Waals surface area (Å²) < 4.78 is 5.32. The molecule has 1 fully saturated rings. The molecule has 0 bridgehead atoms. The molecule has 4 heteroatoms. The van der Waals surface area contributed by atoms with Crippen LogP contribution in [0.3, 0.4) is 0 Å². The van der Waals surface area contributed by atoms with E-state index in [1.807, 2.05) is 12.3 Å². The Morgan fingerprint density at radius 3 is 2.46 bits per heavy atom. The van der Waals surface area contributed by atoms with Crippen LogP contribution in [-0.2, 0) is 12.1 Å². The third-order valence-corrected chi connectivity index (χ3v) is 5.50. The maximum Gasteiger partial charge on any atom is 0.118 e. The van der Waals surface area contributed by atoms with Gasteiger partial charge >= 0.3 is 0 Å². The van der Waals surface area contributed by atoms with Gasteiger partial charge in [-0.1, -0.05) is 55.3 Å². The van der Waals surface area contributed by atoms with Crippen LogP contribution in [0.4, 0.5) is 0 Å². The van der Waals surface area contributed by atoms with Crippen molar-refractivity contribution in [3.63, 3.8) is 0 Å². The van der Waals surface area contributed by atoms with Crippen LogP contribution in [0.5, 0.6) is 5.75 Å². The molecule has 0 aliphatic heterocycles. The Labute approximate surface area is 154 Å². The lowest BCUT2D eigenvalue weighted by molar-refractivity contribution is 0.338. The number of aromatic amines is 1. The van der Waals surface area contributed by atoms with Crippen LogP contribution in [0, 0.1) is 0 Å². The fraction of sp³-hybridized carbons (Fsp3) is 0.318. The molecule has 3 aromatic rings. The van der Waals surface area contributed by atoms with Crippen molar-refractivity contribution in [2.75, 3.05) is 7.11 Å². The first-order valence-corrected chi connectivity index (χ1v) is 9.28. The van der Waals surface area contributed by atoms with Crippen molar-refractivity contribution in [1.29, 1.82) is 0 Å². The second kappa shape index (κ2) is 7.34. The third-order valence-electron chi connectivity index (χ3n) is 5.50. The molecule has 26 heavy (non-hydrogen) atoms. The summed E-state index contributed by atoms with van der Waals surface area (Å²) in [5.74, 6) is 0.906. The molecule has 2 N–H and O–H groups in total. The van der Waals surface area contributed by atoms with E-state index in [2.05, 4.69) is 64.0 Å². The van der Waals surface area contributed by atoms with Crippen LogP contribution in [0.1, 0.15) is 36.8 Å². The monoisotopic (exact) mass is 347 g/mol. The number of H-pyrrole nitrogens is 1. The van der Waals surface area contributed by atoms with Gasteiger partial charge in [0.1, 0.15) is 5.75 Å². The minimum absolute atomic E-state index is 0.0392. The van der Waals surface area contributed by atoms with E-state index in [0.29, 0.717) is 0 Å². The van der Waals surface area contributed by atoms with E-state index in [-0.39, 0.29) is 5.54 Å². The topological polar surface area (TPSA) is 49.9 Å². The Balaban J connectivity index is 1.56. The zero-order valence-corrected chi connectivity index (χ0v) is 15.2. The van der Waals surface area contributed by atoms with Gasteiger partial charge in [-0.2, -0.15) is 5.10 Å². The molecule has 1 aromatic heterocycles. The quantitative estimate of drug-likeness (QED) is 0.683. The molecule has 134 valence electrons. The fourth-order valence-corrected chi connectivity index (χ4v) is 4.02. The van der Waals surface area contributed by atoms with E-state index in [1.54, 1.807) is 7.11 Å². The summed E-state index contributed by atoms with van der Waals surface area (Å²) in [6.07, 6.45) is 6.79. The van der Waals surface area contributed by atoms with E-state index in [4.69, 9.17) is 4.74 Å². The highest BCUT2D eigenvalue weighted by Crippen LogP contribution is 2.39. The van der Waals surface area contributed by atoms with Gasteiger partial charge in [-0.3, -0.25) is 5.10 Å². The number of hydrogen-bond acceptors (Lipinski definition) is 3. The molecular formula is C22H25N3O. The van der Waals surface area contributed by atoms with Crippen molar-refractivity contribution in [3.05, 3.63) is 71.9 Å². The summed E-state index contributed by atoms with van der Waals surface area (Å²) in [5.41, 5.74) is 4.86. The van der Waals surface area contributed by atoms with Crippen LogP contribution in [0.25, 0.3) is 11.3 Å². The Morgan fingerprint density at radius 1 is 1.04 bits per heavy atom. The Morgan fingerprint density at radius 2 is 1.77 bits per heavy atom. The van der Waals surface area contributed by atoms with Gasteiger partial charge in [0.2, 0.25) is 0 Å². The summed E-state index contributed by atoms with van der Waals surface area (Å²) >= 11 is 0. The highest BCUT2D eigenvalue weighted by atomic mass is 16.5. The van der Waals surface area contributed by atoms with E-state index < -0.39 is 0 Å². The molecule has 0 radical (unpaired) electrons. The molecule has 4 rings (SSSR count). The predicted molar refractivity (Wildman–Crippen MR) is 104 cm³/mol. The van der Waals surface area contributed by atoms with Crippen LogP contribution in [-0.4, -0.2) is 17.3 Å². The summed E-state index contributed by atoms with van der Waals surface area (Å²) in [5, 5.41) is 11.3. The van der Waals surface area contributed by atoms with Crippen molar-refractivity contribution in [2.24, 2.45) is 0 Å². The maximum atomic E-state index is 5.32. The molecule has 0 unspecified atom stereocenters. The summed E-state index contributed by atoms with van der Waals surface area (Å²) in [6.45, 7) is 0.798. The molecule has 2 aromatic carbocycles. The van der Waals surface area contributed by atoms with Crippen molar-refractivity contribution in [2.45, 2.75) is 37.8 Å². The lowest BCUT2D eigenvalue weighted by Gasteiger charge is -2.31. The molecule has 1 aliphatic carbocycles. The molecule has 0 atom stereocenters. The Kier molecular flexibility index (Phi) is 4.76. The molecule has 1 heterocycles. The first kappa shape index (κ1) is 16.9. The first-order valence-electron chi connectivity index (χ1n) is 9.28. The average molecular weight is 347 g/mol. The number of aromatic nitrogens is 2. The lowest BCUT2D eigenvalue weighted by Crippen LogP contribution is -2.39. The van der Waals surface area contributed by atoms with Crippen LogP contribution >= 0.6 is 0 Å². The normalized spacial score (nSPS) is 15.9. The van der Waals surface area contributed by atoms with Crippen LogP contribution in [0.15, 0.2) is 60.8 Å². The third kappa shape index (κ3) is 3.25. The SMILES string of the molecule is COc1ccc(C2(NCc3cn[nH]c3-c3ccccc3)CCCC2)cc1. The van der Waals surface area contributed by atoms with Crippen LogP contribution < -0.4 is 10.1 Å².